The molecule has 0 aliphatic carbocycles. The Hall–Kier alpha value is -2.36. The molecule has 1 aromatic rings. The van der Waals surface area contributed by atoms with E-state index in [1.807, 2.05) is 25.1 Å². The minimum absolute atomic E-state index is 0.108. The normalized spacial score (nSPS) is 11.4. The van der Waals surface area contributed by atoms with Crippen LogP contribution >= 0.6 is 0 Å². The molecule has 24 heavy (non-hydrogen) atoms. The van der Waals surface area contributed by atoms with Crippen molar-refractivity contribution in [3.8, 4) is 12.3 Å². The molecule has 130 valence electrons. The Morgan fingerprint density at radius 2 is 2.25 bits per heavy atom. The lowest BCUT2D eigenvalue weighted by Gasteiger charge is -2.17. The molecule has 1 aromatic carbocycles. The maximum Gasteiger partial charge on any atom is 0.241 e. The summed E-state index contributed by atoms with van der Waals surface area (Å²) in [6.07, 6.45) is 7.18. The average molecular weight is 331 g/mol. The molecular weight excluding hydrogens is 306 g/mol. The molecule has 0 aromatic heterocycles. The molecule has 0 radical (unpaired) electrons. The fourth-order valence-electron chi connectivity index (χ4n) is 2.23. The van der Waals surface area contributed by atoms with Crippen LogP contribution in [0.4, 0.5) is 5.69 Å². The van der Waals surface area contributed by atoms with Crippen LogP contribution in [0.25, 0.3) is 0 Å². The van der Waals surface area contributed by atoms with Crippen molar-refractivity contribution < 1.29 is 14.3 Å². The zero-order valence-corrected chi connectivity index (χ0v) is 14.2. The number of aryl methyl sites for hydroxylation is 1. The summed E-state index contributed by atoms with van der Waals surface area (Å²) < 4.78 is 5.36. The fraction of sp³-hybridized carbons (Fsp3) is 0.444. The number of likely N-dealkylation sites (N-methyl/N-ethyl adjacent to an activating group) is 1. The van der Waals surface area contributed by atoms with Gasteiger partial charge in [0.1, 0.15) is 6.61 Å². The van der Waals surface area contributed by atoms with E-state index in [1.165, 1.54) is 0 Å². The maximum absolute atomic E-state index is 12.3. The molecule has 0 heterocycles. The van der Waals surface area contributed by atoms with E-state index in [1.54, 1.807) is 7.05 Å². The highest BCUT2D eigenvalue weighted by molar-refractivity contribution is 5.94. The number of carbonyl (C=O) groups excluding carboxylic acids is 2. The van der Waals surface area contributed by atoms with Crippen LogP contribution in [-0.2, 0) is 20.9 Å². The van der Waals surface area contributed by atoms with E-state index in [0.717, 1.165) is 23.2 Å². The summed E-state index contributed by atoms with van der Waals surface area (Å²) in [4.78, 5) is 22.6. The molecule has 0 unspecified atom stereocenters. The van der Waals surface area contributed by atoms with Gasteiger partial charge in [-0.15, -0.1) is 6.42 Å². The molecule has 0 saturated carbocycles. The lowest BCUT2D eigenvalue weighted by molar-refractivity contribution is -0.118. The second-order valence-electron chi connectivity index (χ2n) is 5.38. The summed E-state index contributed by atoms with van der Waals surface area (Å²) in [6, 6.07) is 5.37. The van der Waals surface area contributed by atoms with Crippen molar-refractivity contribution in [1.82, 2.24) is 10.6 Å². The number of rotatable bonds is 11. The van der Waals surface area contributed by atoms with E-state index in [2.05, 4.69) is 21.9 Å². The van der Waals surface area contributed by atoms with E-state index in [0.29, 0.717) is 26.0 Å². The van der Waals surface area contributed by atoms with Gasteiger partial charge in [0.2, 0.25) is 12.3 Å². The van der Waals surface area contributed by atoms with Crippen molar-refractivity contribution >= 4 is 18.0 Å². The molecule has 0 fully saturated rings. The van der Waals surface area contributed by atoms with Crippen LogP contribution in [0.1, 0.15) is 24.0 Å². The smallest absolute Gasteiger partial charge is 0.241 e. The average Bonchev–Trinajstić information content (AvgIpc) is 2.58. The van der Waals surface area contributed by atoms with Crippen LogP contribution in [0.15, 0.2) is 18.2 Å². The van der Waals surface area contributed by atoms with Crippen molar-refractivity contribution in [3.63, 3.8) is 0 Å². The number of benzene rings is 1. The van der Waals surface area contributed by atoms with Crippen molar-refractivity contribution in [1.29, 1.82) is 0 Å². The van der Waals surface area contributed by atoms with Crippen molar-refractivity contribution in [2.75, 3.05) is 25.5 Å². The number of carbonyl (C=O) groups is 2. The Morgan fingerprint density at radius 1 is 1.46 bits per heavy atom. The van der Waals surface area contributed by atoms with Crippen LogP contribution in [0.5, 0.6) is 0 Å². The SMILES string of the molecule is C#CCOCc1cc(NC(=O)[C@H](CCCNC=O)NC)ccc1C. The Kier molecular flexibility index (Phi) is 9.20. The zero-order chi connectivity index (χ0) is 17.8. The summed E-state index contributed by atoms with van der Waals surface area (Å²) in [5.74, 6) is 2.32. The van der Waals surface area contributed by atoms with Crippen LogP contribution in [0.2, 0.25) is 0 Å². The molecule has 3 N–H and O–H groups in total. The summed E-state index contributed by atoms with van der Waals surface area (Å²) >= 11 is 0. The second kappa shape index (κ2) is 11.2. The highest BCUT2D eigenvalue weighted by atomic mass is 16.5. The maximum atomic E-state index is 12.3. The first-order valence-corrected chi connectivity index (χ1v) is 7.88. The minimum atomic E-state index is -0.319. The van der Waals surface area contributed by atoms with Gasteiger partial charge in [0.25, 0.3) is 0 Å². The molecule has 0 bridgehead atoms. The Bertz CT molecular complexity index is 581. The standard InChI is InChI=1S/C18H25N3O3/c1-4-10-24-12-15-11-16(8-7-14(15)2)21-18(23)17(19-3)6-5-9-20-13-22/h1,7-8,11,13,17,19H,5-6,9-10,12H2,2-3H3,(H,20,22)(H,21,23)/t17-/m0/s1. The first kappa shape index (κ1) is 19.7. The largest absolute Gasteiger partial charge is 0.364 e. The van der Waals surface area contributed by atoms with E-state index in [4.69, 9.17) is 11.2 Å². The lowest BCUT2D eigenvalue weighted by Crippen LogP contribution is -2.38. The van der Waals surface area contributed by atoms with Crippen LogP contribution in [-0.4, -0.2) is 38.6 Å². The quantitative estimate of drug-likeness (QED) is 0.323. The van der Waals surface area contributed by atoms with Crippen molar-refractivity contribution in [2.24, 2.45) is 0 Å². The van der Waals surface area contributed by atoms with E-state index < -0.39 is 0 Å². The van der Waals surface area contributed by atoms with Gasteiger partial charge in [0, 0.05) is 12.2 Å². The van der Waals surface area contributed by atoms with Gasteiger partial charge in [-0.25, -0.2) is 0 Å². The van der Waals surface area contributed by atoms with Gasteiger partial charge in [-0.05, 0) is 50.1 Å². The second-order valence-corrected chi connectivity index (χ2v) is 5.38. The van der Waals surface area contributed by atoms with Gasteiger partial charge >= 0.3 is 0 Å². The Labute approximate surface area is 143 Å². The highest BCUT2D eigenvalue weighted by Crippen LogP contribution is 2.17. The fourth-order valence-corrected chi connectivity index (χ4v) is 2.23. The van der Waals surface area contributed by atoms with Crippen molar-refractivity contribution in [3.05, 3.63) is 29.3 Å². The predicted octanol–water partition coefficient (Wildman–Crippen LogP) is 1.20. The number of ether oxygens (including phenoxy) is 1. The molecule has 0 spiro atoms. The third kappa shape index (κ3) is 6.82. The third-order valence-electron chi connectivity index (χ3n) is 3.62. The number of anilines is 1. The zero-order valence-electron chi connectivity index (χ0n) is 14.2. The summed E-state index contributed by atoms with van der Waals surface area (Å²) in [7, 11) is 1.74. The van der Waals surface area contributed by atoms with E-state index >= 15 is 0 Å². The van der Waals surface area contributed by atoms with Gasteiger partial charge in [-0.2, -0.15) is 0 Å². The molecule has 2 amide bonds. The number of hydrogen-bond acceptors (Lipinski definition) is 4. The number of hydrogen-bond donors (Lipinski definition) is 3. The van der Waals surface area contributed by atoms with E-state index in [9.17, 15) is 9.59 Å². The third-order valence-corrected chi connectivity index (χ3v) is 3.62. The monoisotopic (exact) mass is 331 g/mol. The van der Waals surface area contributed by atoms with Gasteiger partial charge in [0.15, 0.2) is 0 Å². The molecule has 1 rings (SSSR count). The number of nitrogens with one attached hydrogen (secondary N) is 3. The van der Waals surface area contributed by atoms with Gasteiger partial charge in [-0.1, -0.05) is 12.0 Å². The first-order valence-electron chi connectivity index (χ1n) is 7.88. The molecule has 6 nitrogen and oxygen atoms in total. The minimum Gasteiger partial charge on any atom is -0.364 e. The summed E-state index contributed by atoms with van der Waals surface area (Å²) in [5.41, 5.74) is 2.78. The molecule has 0 aliphatic rings. The first-order chi connectivity index (χ1) is 11.6. The molecule has 0 aliphatic heterocycles. The molecular formula is C18H25N3O3. The van der Waals surface area contributed by atoms with Crippen LogP contribution in [0, 0.1) is 19.3 Å². The van der Waals surface area contributed by atoms with Crippen LogP contribution in [0.3, 0.4) is 0 Å². The molecule has 0 saturated heterocycles. The van der Waals surface area contributed by atoms with Gasteiger partial charge in [0.05, 0.1) is 12.6 Å². The molecule has 1 atom stereocenters. The lowest BCUT2D eigenvalue weighted by atomic mass is 10.1. The summed E-state index contributed by atoms with van der Waals surface area (Å²) in [5, 5.41) is 8.48. The Morgan fingerprint density at radius 3 is 2.92 bits per heavy atom. The predicted molar refractivity (Wildman–Crippen MR) is 94.4 cm³/mol. The van der Waals surface area contributed by atoms with Crippen molar-refractivity contribution in [2.45, 2.75) is 32.4 Å². The highest BCUT2D eigenvalue weighted by Gasteiger charge is 2.16. The van der Waals surface area contributed by atoms with E-state index in [-0.39, 0.29) is 18.6 Å². The summed E-state index contributed by atoms with van der Waals surface area (Å²) in [6.45, 7) is 3.20. The number of terminal acetylenes is 1. The number of amides is 2. The van der Waals surface area contributed by atoms with Gasteiger partial charge < -0.3 is 20.7 Å². The molecule has 6 heteroatoms. The topological polar surface area (TPSA) is 79.5 Å². The van der Waals surface area contributed by atoms with Crippen LogP contribution < -0.4 is 16.0 Å². The Balaban J connectivity index is 2.62. The van der Waals surface area contributed by atoms with Gasteiger partial charge in [-0.3, -0.25) is 9.59 Å².